The number of rotatable bonds is 7. The van der Waals surface area contributed by atoms with Crippen LogP contribution >= 0.6 is 11.6 Å². The van der Waals surface area contributed by atoms with Gasteiger partial charge in [-0.05, 0) is 5.92 Å². The van der Waals surface area contributed by atoms with Crippen molar-refractivity contribution in [2.24, 2.45) is 5.92 Å². The Bertz CT molecular complexity index is 496. The maximum Gasteiger partial charge on any atom is 0.233 e. The Hall–Kier alpha value is -1.14. The van der Waals surface area contributed by atoms with Crippen LogP contribution in [0.3, 0.4) is 0 Å². The minimum atomic E-state index is -3.44. The molecule has 19 heavy (non-hydrogen) atoms. The minimum absolute atomic E-state index is 0.0317. The van der Waals surface area contributed by atoms with E-state index >= 15 is 0 Å². The van der Waals surface area contributed by atoms with Crippen molar-refractivity contribution in [3.8, 4) is 11.5 Å². The number of hydrogen-bond donors (Lipinski definition) is 1. The lowest BCUT2D eigenvalue weighted by Crippen LogP contribution is -2.22. The standard InChI is InChI=1S/C12H18ClNO4S/c1-9(7-13)8-19(15,16)14-10-4-11(17-2)6-12(5-10)18-3/h4-6,9,14H,7-8H2,1-3H3. The van der Waals surface area contributed by atoms with Gasteiger partial charge in [-0.2, -0.15) is 0 Å². The van der Waals surface area contributed by atoms with Crippen LogP contribution in [0, 0.1) is 5.92 Å². The van der Waals surface area contributed by atoms with E-state index in [4.69, 9.17) is 21.1 Å². The highest BCUT2D eigenvalue weighted by atomic mass is 35.5. The molecular formula is C12H18ClNO4S. The van der Waals surface area contributed by atoms with Gasteiger partial charge in [0.2, 0.25) is 10.0 Å². The number of alkyl halides is 1. The SMILES string of the molecule is COc1cc(NS(=O)(=O)CC(C)CCl)cc(OC)c1. The topological polar surface area (TPSA) is 64.6 Å². The summed E-state index contributed by atoms with van der Waals surface area (Å²) in [6.07, 6.45) is 0. The van der Waals surface area contributed by atoms with Crippen molar-refractivity contribution < 1.29 is 17.9 Å². The lowest BCUT2D eigenvalue weighted by molar-refractivity contribution is 0.395. The third-order valence-corrected chi connectivity index (χ3v) is 4.47. The van der Waals surface area contributed by atoms with Crippen molar-refractivity contribution in [2.45, 2.75) is 6.92 Å². The second-order valence-electron chi connectivity index (χ2n) is 4.24. The van der Waals surface area contributed by atoms with Gasteiger partial charge in [0.05, 0.1) is 25.7 Å². The Morgan fingerprint density at radius 1 is 1.21 bits per heavy atom. The van der Waals surface area contributed by atoms with Gasteiger partial charge in [0.25, 0.3) is 0 Å². The average molecular weight is 308 g/mol. The van der Waals surface area contributed by atoms with E-state index in [1.165, 1.54) is 14.2 Å². The molecule has 1 unspecified atom stereocenters. The highest BCUT2D eigenvalue weighted by Gasteiger charge is 2.16. The van der Waals surface area contributed by atoms with Crippen LogP contribution in [0.25, 0.3) is 0 Å². The third kappa shape index (κ3) is 5.16. The molecule has 0 heterocycles. The van der Waals surface area contributed by atoms with Crippen LogP contribution in [-0.2, 0) is 10.0 Å². The van der Waals surface area contributed by atoms with Crippen molar-refractivity contribution in [1.29, 1.82) is 0 Å². The van der Waals surface area contributed by atoms with Crippen molar-refractivity contribution in [1.82, 2.24) is 0 Å². The van der Waals surface area contributed by atoms with Crippen LogP contribution in [0.5, 0.6) is 11.5 Å². The lowest BCUT2D eigenvalue weighted by Gasteiger charge is -2.13. The summed E-state index contributed by atoms with van der Waals surface area (Å²) in [5.41, 5.74) is 0.401. The first kappa shape index (κ1) is 15.9. The molecule has 0 spiro atoms. The van der Waals surface area contributed by atoms with Crippen molar-refractivity contribution >= 4 is 27.3 Å². The van der Waals surface area contributed by atoms with Crippen molar-refractivity contribution in [2.75, 3.05) is 30.6 Å². The quantitative estimate of drug-likeness (QED) is 0.785. The largest absolute Gasteiger partial charge is 0.497 e. The second-order valence-corrected chi connectivity index (χ2v) is 6.32. The Labute approximate surface area is 118 Å². The Kier molecular flexibility index (Phi) is 5.75. The Morgan fingerprint density at radius 2 is 1.74 bits per heavy atom. The van der Waals surface area contributed by atoms with Crippen LogP contribution in [0.15, 0.2) is 18.2 Å². The van der Waals surface area contributed by atoms with E-state index in [-0.39, 0.29) is 11.7 Å². The minimum Gasteiger partial charge on any atom is -0.497 e. The summed E-state index contributed by atoms with van der Waals surface area (Å²) in [7, 11) is -0.436. The first-order valence-corrected chi connectivity index (χ1v) is 7.88. The molecule has 0 aromatic heterocycles. The van der Waals surface area contributed by atoms with Gasteiger partial charge < -0.3 is 9.47 Å². The summed E-state index contributed by atoms with van der Waals surface area (Å²) in [6.45, 7) is 1.78. The van der Waals surface area contributed by atoms with Crippen LogP contribution in [0.4, 0.5) is 5.69 Å². The summed E-state index contributed by atoms with van der Waals surface area (Å²) < 4.78 is 36.5. The second kappa shape index (κ2) is 6.86. The molecule has 0 saturated heterocycles. The number of anilines is 1. The zero-order valence-corrected chi connectivity index (χ0v) is 12.7. The van der Waals surface area contributed by atoms with Gasteiger partial charge in [-0.25, -0.2) is 8.42 Å². The smallest absolute Gasteiger partial charge is 0.233 e. The molecule has 0 bridgehead atoms. The Balaban J connectivity index is 2.92. The summed E-state index contributed by atoms with van der Waals surface area (Å²) in [6, 6.07) is 4.84. The van der Waals surface area contributed by atoms with Crippen LogP contribution in [0.2, 0.25) is 0 Å². The summed E-state index contributed by atoms with van der Waals surface area (Å²) in [4.78, 5) is 0. The van der Waals surface area contributed by atoms with E-state index in [0.29, 0.717) is 23.1 Å². The predicted molar refractivity (Wildman–Crippen MR) is 76.8 cm³/mol. The lowest BCUT2D eigenvalue weighted by atomic mass is 10.3. The highest BCUT2D eigenvalue weighted by molar-refractivity contribution is 7.92. The van der Waals surface area contributed by atoms with E-state index < -0.39 is 10.0 Å². The maximum atomic E-state index is 11.9. The van der Waals surface area contributed by atoms with Crippen molar-refractivity contribution in [3.63, 3.8) is 0 Å². The number of nitrogens with one attached hydrogen (secondary N) is 1. The van der Waals surface area contributed by atoms with E-state index in [9.17, 15) is 8.42 Å². The fraction of sp³-hybridized carbons (Fsp3) is 0.500. The van der Waals surface area contributed by atoms with Gasteiger partial charge in [0.15, 0.2) is 0 Å². The molecule has 0 aliphatic carbocycles. The third-order valence-electron chi connectivity index (χ3n) is 2.39. The number of hydrogen-bond acceptors (Lipinski definition) is 4. The first-order chi connectivity index (χ1) is 8.90. The molecule has 1 rings (SSSR count). The Morgan fingerprint density at radius 3 is 2.16 bits per heavy atom. The molecule has 1 aromatic rings. The van der Waals surface area contributed by atoms with Crippen LogP contribution in [-0.4, -0.2) is 34.3 Å². The van der Waals surface area contributed by atoms with E-state index in [2.05, 4.69) is 4.72 Å². The van der Waals surface area contributed by atoms with Crippen LogP contribution < -0.4 is 14.2 Å². The number of halogens is 1. The molecule has 0 radical (unpaired) electrons. The van der Waals surface area contributed by atoms with E-state index in [0.717, 1.165) is 0 Å². The van der Waals surface area contributed by atoms with Gasteiger partial charge in [-0.3, -0.25) is 4.72 Å². The maximum absolute atomic E-state index is 11.9. The number of methoxy groups -OCH3 is 2. The zero-order chi connectivity index (χ0) is 14.5. The molecule has 1 aromatic carbocycles. The zero-order valence-electron chi connectivity index (χ0n) is 11.1. The number of sulfonamides is 1. The summed E-state index contributed by atoms with van der Waals surface area (Å²) >= 11 is 5.62. The van der Waals surface area contributed by atoms with Gasteiger partial charge in [0.1, 0.15) is 11.5 Å². The number of ether oxygens (including phenoxy) is 2. The molecule has 108 valence electrons. The fourth-order valence-electron chi connectivity index (χ4n) is 1.51. The monoisotopic (exact) mass is 307 g/mol. The first-order valence-electron chi connectivity index (χ1n) is 5.69. The highest BCUT2D eigenvalue weighted by Crippen LogP contribution is 2.26. The fourth-order valence-corrected chi connectivity index (χ4v) is 3.17. The van der Waals surface area contributed by atoms with Gasteiger partial charge in [0, 0.05) is 24.1 Å². The normalized spacial score (nSPS) is 12.8. The number of benzene rings is 1. The van der Waals surface area contributed by atoms with Gasteiger partial charge in [-0.1, -0.05) is 6.92 Å². The van der Waals surface area contributed by atoms with E-state index in [1.54, 1.807) is 25.1 Å². The predicted octanol–water partition coefficient (Wildman–Crippen LogP) is 2.32. The molecule has 0 aliphatic rings. The molecule has 5 nitrogen and oxygen atoms in total. The molecule has 1 N–H and O–H groups in total. The summed E-state index contributed by atoms with van der Waals surface area (Å²) in [5.74, 6) is 1.18. The van der Waals surface area contributed by atoms with Crippen LogP contribution in [0.1, 0.15) is 6.92 Å². The molecule has 0 aliphatic heterocycles. The van der Waals surface area contributed by atoms with E-state index in [1.807, 2.05) is 0 Å². The molecule has 0 saturated carbocycles. The molecule has 1 atom stereocenters. The molecule has 7 heteroatoms. The van der Waals surface area contributed by atoms with Gasteiger partial charge >= 0.3 is 0 Å². The van der Waals surface area contributed by atoms with Gasteiger partial charge in [-0.15, -0.1) is 11.6 Å². The molecule has 0 fully saturated rings. The summed E-state index contributed by atoms with van der Waals surface area (Å²) in [5, 5.41) is 0. The molecular weight excluding hydrogens is 290 g/mol. The molecule has 0 amide bonds. The van der Waals surface area contributed by atoms with Crippen molar-refractivity contribution in [3.05, 3.63) is 18.2 Å². The average Bonchev–Trinajstić information content (AvgIpc) is 2.36.